The molecule has 2 heteroatoms. The van der Waals surface area contributed by atoms with Gasteiger partial charge in [-0.1, -0.05) is 45.0 Å². The van der Waals surface area contributed by atoms with Gasteiger partial charge in [-0.05, 0) is 50.4 Å². The Balaban J connectivity index is 2.15. The van der Waals surface area contributed by atoms with Crippen LogP contribution in [0.4, 0.5) is 0 Å². The van der Waals surface area contributed by atoms with Crippen molar-refractivity contribution in [2.45, 2.75) is 52.2 Å². The van der Waals surface area contributed by atoms with Gasteiger partial charge in [0, 0.05) is 17.4 Å². The fourth-order valence-corrected chi connectivity index (χ4v) is 5.28. The Morgan fingerprint density at radius 2 is 1.86 bits per heavy atom. The SMILES string of the molecule is CN(C)Cc1ccccc1[C@]1(O)C(C)(C)[C@H]2CC[C@]1(C)C2. The van der Waals surface area contributed by atoms with E-state index in [0.29, 0.717) is 5.92 Å². The highest BCUT2D eigenvalue weighted by Crippen LogP contribution is 2.72. The van der Waals surface area contributed by atoms with E-state index in [-0.39, 0.29) is 10.8 Å². The number of fused-ring (bicyclic) bond motifs is 2. The maximum absolute atomic E-state index is 11.9. The Morgan fingerprint density at radius 1 is 1.19 bits per heavy atom. The van der Waals surface area contributed by atoms with Gasteiger partial charge in [0.1, 0.15) is 5.60 Å². The third kappa shape index (κ3) is 1.85. The van der Waals surface area contributed by atoms with E-state index in [9.17, 15) is 5.11 Å². The molecule has 1 N–H and O–H groups in total. The summed E-state index contributed by atoms with van der Waals surface area (Å²) in [7, 11) is 4.18. The van der Waals surface area contributed by atoms with Crippen molar-refractivity contribution in [1.82, 2.24) is 4.90 Å². The molecule has 1 aromatic rings. The second-order valence-electron chi connectivity index (χ2n) is 8.33. The molecule has 0 saturated heterocycles. The van der Waals surface area contributed by atoms with Crippen molar-refractivity contribution < 1.29 is 5.11 Å². The van der Waals surface area contributed by atoms with Crippen molar-refractivity contribution in [2.75, 3.05) is 14.1 Å². The van der Waals surface area contributed by atoms with Crippen LogP contribution >= 0.6 is 0 Å². The molecule has 0 spiro atoms. The van der Waals surface area contributed by atoms with Crippen LogP contribution in [0.5, 0.6) is 0 Å². The summed E-state index contributed by atoms with van der Waals surface area (Å²) in [5.74, 6) is 0.639. The Kier molecular flexibility index (Phi) is 3.27. The Labute approximate surface area is 129 Å². The van der Waals surface area contributed by atoms with Crippen LogP contribution in [-0.4, -0.2) is 24.1 Å². The standard InChI is InChI=1S/C19H29NO/c1-17(2)15-10-11-18(3,12-15)19(17,21)16-9-7-6-8-14(16)13-20(4)5/h6-9,15,21H,10-13H2,1-5H3/t15-,18+,19-/m0/s1. The van der Waals surface area contributed by atoms with Gasteiger partial charge in [0.15, 0.2) is 0 Å². The predicted octanol–water partition coefficient (Wildman–Crippen LogP) is 3.78. The molecule has 2 aliphatic carbocycles. The van der Waals surface area contributed by atoms with Crippen molar-refractivity contribution in [2.24, 2.45) is 16.7 Å². The van der Waals surface area contributed by atoms with Gasteiger partial charge in [0.25, 0.3) is 0 Å². The summed E-state index contributed by atoms with van der Waals surface area (Å²) in [5, 5.41) is 11.9. The maximum atomic E-state index is 11.9. The molecule has 3 rings (SSSR count). The van der Waals surface area contributed by atoms with Crippen LogP contribution in [0, 0.1) is 16.7 Å². The zero-order valence-electron chi connectivity index (χ0n) is 14.1. The van der Waals surface area contributed by atoms with Gasteiger partial charge >= 0.3 is 0 Å². The van der Waals surface area contributed by atoms with Crippen LogP contribution in [-0.2, 0) is 12.1 Å². The van der Waals surface area contributed by atoms with E-state index in [4.69, 9.17) is 0 Å². The molecule has 2 fully saturated rings. The molecule has 0 aliphatic heterocycles. The molecule has 21 heavy (non-hydrogen) atoms. The first-order valence-electron chi connectivity index (χ1n) is 8.18. The molecule has 0 radical (unpaired) electrons. The lowest BCUT2D eigenvalue weighted by atomic mass is 9.57. The molecule has 3 atom stereocenters. The van der Waals surface area contributed by atoms with Crippen molar-refractivity contribution in [3.8, 4) is 0 Å². The van der Waals surface area contributed by atoms with Crippen molar-refractivity contribution >= 4 is 0 Å². The lowest BCUT2D eigenvalue weighted by Crippen LogP contribution is -2.52. The largest absolute Gasteiger partial charge is 0.384 e. The molecule has 0 heterocycles. The van der Waals surface area contributed by atoms with Gasteiger partial charge in [-0.3, -0.25) is 0 Å². The number of benzene rings is 1. The average molecular weight is 287 g/mol. The van der Waals surface area contributed by atoms with Crippen molar-refractivity contribution in [1.29, 1.82) is 0 Å². The summed E-state index contributed by atoms with van der Waals surface area (Å²) < 4.78 is 0. The Bertz CT molecular complexity index is 543. The summed E-state index contributed by atoms with van der Waals surface area (Å²) in [4.78, 5) is 2.19. The van der Waals surface area contributed by atoms with Crippen molar-refractivity contribution in [3.63, 3.8) is 0 Å². The third-order valence-corrected chi connectivity index (χ3v) is 6.46. The van der Waals surface area contributed by atoms with Gasteiger partial charge in [0.2, 0.25) is 0 Å². The van der Waals surface area contributed by atoms with E-state index in [1.165, 1.54) is 12.0 Å². The molecule has 2 aliphatic rings. The maximum Gasteiger partial charge on any atom is 0.101 e. The number of hydrogen-bond acceptors (Lipinski definition) is 2. The van der Waals surface area contributed by atoms with Gasteiger partial charge in [-0.2, -0.15) is 0 Å². The summed E-state index contributed by atoms with van der Waals surface area (Å²) in [6.45, 7) is 7.73. The highest BCUT2D eigenvalue weighted by Gasteiger charge is 2.69. The third-order valence-electron chi connectivity index (χ3n) is 6.46. The first-order chi connectivity index (χ1) is 9.72. The smallest absolute Gasteiger partial charge is 0.101 e. The van der Waals surface area contributed by atoms with E-state index in [0.717, 1.165) is 24.9 Å². The predicted molar refractivity (Wildman–Crippen MR) is 87.0 cm³/mol. The molecule has 0 unspecified atom stereocenters. The monoisotopic (exact) mass is 287 g/mol. The van der Waals surface area contributed by atoms with Crippen LogP contribution in [0.1, 0.15) is 51.2 Å². The average Bonchev–Trinajstić information content (AvgIpc) is 2.87. The van der Waals surface area contributed by atoms with E-state index in [1.54, 1.807) is 0 Å². The normalized spacial score (nSPS) is 37.4. The second kappa shape index (κ2) is 4.57. The van der Waals surface area contributed by atoms with Crippen LogP contribution in [0.15, 0.2) is 24.3 Å². The molecule has 2 saturated carbocycles. The first kappa shape index (κ1) is 15.1. The zero-order chi connectivity index (χ0) is 15.5. The van der Waals surface area contributed by atoms with Crippen LogP contribution < -0.4 is 0 Å². The number of aliphatic hydroxyl groups is 1. The van der Waals surface area contributed by atoms with E-state index in [2.05, 4.69) is 64.0 Å². The second-order valence-corrected chi connectivity index (χ2v) is 8.33. The molecule has 2 bridgehead atoms. The van der Waals surface area contributed by atoms with Crippen molar-refractivity contribution in [3.05, 3.63) is 35.4 Å². The van der Waals surface area contributed by atoms with Gasteiger partial charge in [-0.25, -0.2) is 0 Å². The first-order valence-corrected chi connectivity index (χ1v) is 8.18. The topological polar surface area (TPSA) is 23.5 Å². The molecule has 0 aromatic heterocycles. The highest BCUT2D eigenvalue weighted by atomic mass is 16.3. The number of nitrogens with zero attached hydrogens (tertiary/aromatic N) is 1. The lowest BCUT2D eigenvalue weighted by Gasteiger charge is -2.51. The zero-order valence-corrected chi connectivity index (χ0v) is 14.1. The summed E-state index contributed by atoms with van der Waals surface area (Å²) in [6.07, 6.45) is 3.57. The minimum Gasteiger partial charge on any atom is -0.384 e. The summed E-state index contributed by atoms with van der Waals surface area (Å²) >= 11 is 0. The summed E-state index contributed by atoms with van der Waals surface area (Å²) in [5.41, 5.74) is 1.68. The molecule has 2 nitrogen and oxygen atoms in total. The molecule has 1 aromatic carbocycles. The highest BCUT2D eigenvalue weighted by molar-refractivity contribution is 5.39. The number of rotatable bonds is 3. The molecular weight excluding hydrogens is 258 g/mol. The van der Waals surface area contributed by atoms with Crippen LogP contribution in [0.25, 0.3) is 0 Å². The molecule has 0 amide bonds. The minimum atomic E-state index is -0.713. The lowest BCUT2D eigenvalue weighted by molar-refractivity contribution is -0.151. The van der Waals surface area contributed by atoms with Gasteiger partial charge < -0.3 is 10.0 Å². The van der Waals surface area contributed by atoms with Crippen LogP contribution in [0.2, 0.25) is 0 Å². The summed E-state index contributed by atoms with van der Waals surface area (Å²) in [6, 6.07) is 8.51. The number of hydrogen-bond donors (Lipinski definition) is 1. The fraction of sp³-hybridized carbons (Fsp3) is 0.684. The van der Waals surface area contributed by atoms with E-state index < -0.39 is 5.60 Å². The Hall–Kier alpha value is -0.860. The van der Waals surface area contributed by atoms with Gasteiger partial charge in [0.05, 0.1) is 0 Å². The quantitative estimate of drug-likeness (QED) is 0.914. The molecular formula is C19H29NO. The van der Waals surface area contributed by atoms with E-state index >= 15 is 0 Å². The molecule has 116 valence electrons. The Morgan fingerprint density at radius 3 is 2.43 bits per heavy atom. The minimum absolute atomic E-state index is 0.0174. The van der Waals surface area contributed by atoms with Gasteiger partial charge in [-0.15, -0.1) is 0 Å². The fourth-order valence-electron chi connectivity index (χ4n) is 5.28. The van der Waals surface area contributed by atoms with Crippen LogP contribution in [0.3, 0.4) is 0 Å². The van der Waals surface area contributed by atoms with E-state index in [1.807, 2.05) is 0 Å².